The fraction of sp³-hybridized carbons (Fsp3) is 0.500. The molecule has 3 N–H and O–H groups in total. The Morgan fingerprint density at radius 2 is 1.77 bits per heavy atom. The summed E-state index contributed by atoms with van der Waals surface area (Å²) >= 11 is 0. The zero-order chi connectivity index (χ0) is 15.6. The Bertz CT molecular complexity index is 528. The predicted molar refractivity (Wildman–Crippen MR) is 76.3 cm³/mol. The number of benzene rings is 1. The Labute approximate surface area is 131 Å². The SMILES string of the molecule is Cl.NC1CCC(NC(=O)c2cc(C(F)(F)F)ccc2F)CC1. The Morgan fingerprint density at radius 3 is 2.32 bits per heavy atom. The first kappa shape index (κ1) is 18.7. The van der Waals surface area contributed by atoms with Crippen LogP contribution < -0.4 is 11.1 Å². The van der Waals surface area contributed by atoms with Crippen molar-refractivity contribution >= 4 is 18.3 Å². The average molecular weight is 341 g/mol. The third-order valence-electron chi connectivity index (χ3n) is 3.65. The molecule has 8 heteroatoms. The van der Waals surface area contributed by atoms with Crippen molar-refractivity contribution in [3.63, 3.8) is 0 Å². The van der Waals surface area contributed by atoms with E-state index in [2.05, 4.69) is 5.32 Å². The van der Waals surface area contributed by atoms with Crippen molar-refractivity contribution in [2.24, 2.45) is 5.73 Å². The second-order valence-corrected chi connectivity index (χ2v) is 5.28. The first-order chi connectivity index (χ1) is 9.77. The summed E-state index contributed by atoms with van der Waals surface area (Å²) in [4.78, 5) is 11.9. The van der Waals surface area contributed by atoms with Gasteiger partial charge in [0, 0.05) is 12.1 Å². The summed E-state index contributed by atoms with van der Waals surface area (Å²) in [5.41, 5.74) is 4.11. The molecule has 1 aromatic carbocycles. The summed E-state index contributed by atoms with van der Waals surface area (Å²) in [5, 5.41) is 2.57. The minimum Gasteiger partial charge on any atom is -0.349 e. The van der Waals surface area contributed by atoms with Crippen LogP contribution in [0.3, 0.4) is 0 Å². The molecule has 0 heterocycles. The Balaban J connectivity index is 0.00000242. The standard InChI is InChI=1S/C14H16F4N2O.ClH/c15-12-6-1-8(14(16,17)18)7-11(12)13(21)20-10-4-2-9(19)3-5-10;/h1,6-7,9-10H,2-5,19H2,(H,20,21);1H. The number of alkyl halides is 3. The van der Waals surface area contributed by atoms with Crippen LogP contribution in [-0.4, -0.2) is 18.0 Å². The van der Waals surface area contributed by atoms with Gasteiger partial charge in [-0.15, -0.1) is 12.4 Å². The van der Waals surface area contributed by atoms with E-state index in [1.54, 1.807) is 0 Å². The fourth-order valence-electron chi connectivity index (χ4n) is 2.40. The number of nitrogens with two attached hydrogens (primary N) is 1. The van der Waals surface area contributed by atoms with Crippen molar-refractivity contribution in [1.29, 1.82) is 0 Å². The first-order valence-corrected chi connectivity index (χ1v) is 6.70. The van der Waals surface area contributed by atoms with Gasteiger partial charge >= 0.3 is 6.18 Å². The molecular weight excluding hydrogens is 324 g/mol. The molecule has 0 spiro atoms. The van der Waals surface area contributed by atoms with Crippen LogP contribution in [0, 0.1) is 5.82 Å². The average Bonchev–Trinajstić information content (AvgIpc) is 2.40. The van der Waals surface area contributed by atoms with E-state index < -0.39 is 29.0 Å². The lowest BCUT2D eigenvalue weighted by atomic mass is 9.91. The van der Waals surface area contributed by atoms with Gasteiger partial charge in [0.15, 0.2) is 0 Å². The van der Waals surface area contributed by atoms with E-state index in [4.69, 9.17) is 5.73 Å². The second-order valence-electron chi connectivity index (χ2n) is 5.28. The smallest absolute Gasteiger partial charge is 0.349 e. The zero-order valence-electron chi connectivity index (χ0n) is 11.6. The van der Waals surface area contributed by atoms with Gasteiger partial charge in [0.05, 0.1) is 11.1 Å². The highest BCUT2D eigenvalue weighted by Gasteiger charge is 2.32. The van der Waals surface area contributed by atoms with Crippen molar-refractivity contribution < 1.29 is 22.4 Å². The molecule has 0 aromatic heterocycles. The Kier molecular flexibility index (Phi) is 6.19. The summed E-state index contributed by atoms with van der Waals surface area (Å²) in [6.07, 6.45) is -1.85. The number of hydrogen-bond donors (Lipinski definition) is 2. The van der Waals surface area contributed by atoms with Gasteiger partial charge in [0.1, 0.15) is 5.82 Å². The molecule has 0 atom stereocenters. The van der Waals surface area contributed by atoms with Crippen molar-refractivity contribution in [1.82, 2.24) is 5.32 Å². The van der Waals surface area contributed by atoms with Crippen LogP contribution in [-0.2, 0) is 6.18 Å². The summed E-state index contributed by atoms with van der Waals surface area (Å²) in [6.45, 7) is 0. The molecule has 0 aliphatic heterocycles. The van der Waals surface area contributed by atoms with Crippen molar-refractivity contribution in [3.05, 3.63) is 35.1 Å². The minimum absolute atomic E-state index is 0. The molecule has 0 unspecified atom stereocenters. The molecule has 1 saturated carbocycles. The number of hydrogen-bond acceptors (Lipinski definition) is 2. The highest BCUT2D eigenvalue weighted by atomic mass is 35.5. The van der Waals surface area contributed by atoms with Crippen LogP contribution >= 0.6 is 12.4 Å². The molecule has 2 rings (SSSR count). The third kappa shape index (κ3) is 4.58. The van der Waals surface area contributed by atoms with Gasteiger partial charge < -0.3 is 11.1 Å². The lowest BCUT2D eigenvalue weighted by molar-refractivity contribution is -0.137. The van der Waals surface area contributed by atoms with Crippen LogP contribution in [0.15, 0.2) is 18.2 Å². The number of carbonyl (C=O) groups is 1. The van der Waals surface area contributed by atoms with E-state index in [0.29, 0.717) is 31.0 Å². The molecule has 1 amide bonds. The third-order valence-corrected chi connectivity index (χ3v) is 3.65. The van der Waals surface area contributed by atoms with E-state index in [1.807, 2.05) is 0 Å². The van der Waals surface area contributed by atoms with Crippen molar-refractivity contribution in [2.75, 3.05) is 0 Å². The molecule has 0 radical (unpaired) electrons. The normalized spacial score (nSPS) is 21.9. The highest BCUT2D eigenvalue weighted by molar-refractivity contribution is 5.94. The van der Waals surface area contributed by atoms with Crippen LogP contribution in [0.1, 0.15) is 41.6 Å². The first-order valence-electron chi connectivity index (χ1n) is 6.70. The molecule has 1 aromatic rings. The Hall–Kier alpha value is -1.34. The van der Waals surface area contributed by atoms with Crippen LogP contribution in [0.25, 0.3) is 0 Å². The second kappa shape index (κ2) is 7.28. The molecule has 3 nitrogen and oxygen atoms in total. The van der Waals surface area contributed by atoms with E-state index >= 15 is 0 Å². The number of amides is 1. The van der Waals surface area contributed by atoms with E-state index in [1.165, 1.54) is 0 Å². The minimum atomic E-state index is -4.61. The molecule has 1 aliphatic rings. The lowest BCUT2D eigenvalue weighted by Crippen LogP contribution is -2.40. The van der Waals surface area contributed by atoms with Gasteiger partial charge in [-0.3, -0.25) is 4.79 Å². The molecule has 0 bridgehead atoms. The monoisotopic (exact) mass is 340 g/mol. The number of halogens is 5. The lowest BCUT2D eigenvalue weighted by Gasteiger charge is -2.26. The number of carbonyl (C=O) groups excluding carboxylic acids is 1. The molecular formula is C14H17ClF4N2O. The van der Waals surface area contributed by atoms with Gasteiger partial charge in [0.2, 0.25) is 0 Å². The van der Waals surface area contributed by atoms with E-state index in [9.17, 15) is 22.4 Å². The largest absolute Gasteiger partial charge is 0.416 e. The van der Waals surface area contributed by atoms with Gasteiger partial charge in [-0.1, -0.05) is 0 Å². The summed E-state index contributed by atoms with van der Waals surface area (Å²) < 4.78 is 51.4. The van der Waals surface area contributed by atoms with Gasteiger partial charge in [-0.25, -0.2) is 4.39 Å². The molecule has 1 aliphatic carbocycles. The summed E-state index contributed by atoms with van der Waals surface area (Å²) in [5.74, 6) is -1.79. The van der Waals surface area contributed by atoms with Crippen LogP contribution in [0.2, 0.25) is 0 Å². The zero-order valence-corrected chi connectivity index (χ0v) is 12.4. The molecule has 22 heavy (non-hydrogen) atoms. The number of nitrogens with one attached hydrogen (secondary N) is 1. The topological polar surface area (TPSA) is 55.1 Å². The van der Waals surface area contributed by atoms with E-state index in [-0.39, 0.29) is 24.5 Å². The Morgan fingerprint density at radius 1 is 1.18 bits per heavy atom. The maximum atomic E-state index is 13.6. The van der Waals surface area contributed by atoms with Crippen molar-refractivity contribution in [3.8, 4) is 0 Å². The van der Waals surface area contributed by atoms with E-state index in [0.717, 1.165) is 12.8 Å². The van der Waals surface area contributed by atoms with Gasteiger partial charge in [0.25, 0.3) is 5.91 Å². The fourth-order valence-corrected chi connectivity index (χ4v) is 2.40. The maximum absolute atomic E-state index is 13.6. The highest BCUT2D eigenvalue weighted by Crippen LogP contribution is 2.30. The van der Waals surface area contributed by atoms with Crippen molar-refractivity contribution in [2.45, 2.75) is 43.9 Å². The summed E-state index contributed by atoms with van der Waals surface area (Å²) in [7, 11) is 0. The van der Waals surface area contributed by atoms with Gasteiger partial charge in [-0.05, 0) is 43.9 Å². The molecule has 0 saturated heterocycles. The van der Waals surface area contributed by atoms with Crippen LogP contribution in [0.5, 0.6) is 0 Å². The quantitative estimate of drug-likeness (QED) is 0.812. The van der Waals surface area contributed by atoms with Gasteiger partial charge in [-0.2, -0.15) is 13.2 Å². The maximum Gasteiger partial charge on any atom is 0.416 e. The number of rotatable bonds is 2. The molecule has 124 valence electrons. The summed E-state index contributed by atoms with van der Waals surface area (Å²) in [6, 6.07) is 1.73. The molecule has 1 fully saturated rings. The van der Waals surface area contributed by atoms with Crippen LogP contribution in [0.4, 0.5) is 17.6 Å². The predicted octanol–water partition coefficient (Wildman–Crippen LogP) is 3.27.